The Labute approximate surface area is 94.0 Å². The van der Waals surface area contributed by atoms with Crippen LogP contribution < -0.4 is 0 Å². The van der Waals surface area contributed by atoms with Crippen LogP contribution in [0.1, 0.15) is 11.3 Å². The van der Waals surface area contributed by atoms with Gasteiger partial charge in [0.05, 0.1) is 11.0 Å². The number of pyridine rings is 2. The minimum atomic E-state index is 0.992. The Morgan fingerprint density at radius 3 is 2.75 bits per heavy atom. The highest BCUT2D eigenvalue weighted by Crippen LogP contribution is 2.25. The highest BCUT2D eigenvalue weighted by atomic mass is 14.7. The Kier molecular flexibility index (Phi) is 1.90. The van der Waals surface area contributed by atoms with E-state index in [9.17, 15) is 0 Å². The molecule has 0 saturated carbocycles. The number of benzene rings is 1. The third kappa shape index (κ3) is 1.27. The summed E-state index contributed by atoms with van der Waals surface area (Å²) >= 11 is 0. The summed E-state index contributed by atoms with van der Waals surface area (Å²) < 4.78 is 0. The van der Waals surface area contributed by atoms with Gasteiger partial charge >= 0.3 is 0 Å². The third-order valence-electron chi connectivity index (χ3n) is 2.89. The molecular formula is C14H12N2. The van der Waals surface area contributed by atoms with Crippen molar-refractivity contribution in [3.8, 4) is 0 Å². The molecular weight excluding hydrogens is 196 g/mol. The van der Waals surface area contributed by atoms with Crippen molar-refractivity contribution in [1.29, 1.82) is 0 Å². The molecule has 0 spiro atoms. The largest absolute Gasteiger partial charge is 0.254 e. The molecule has 2 nitrogen and oxygen atoms in total. The molecule has 0 radical (unpaired) electrons. The van der Waals surface area contributed by atoms with Crippen molar-refractivity contribution in [3.05, 3.63) is 47.8 Å². The monoisotopic (exact) mass is 208 g/mol. The Balaban J connectivity index is 2.61. The number of aryl methyl sites for hydroxylation is 2. The highest BCUT2D eigenvalue weighted by molar-refractivity contribution is 6.04. The SMILES string of the molecule is Cc1ccc2c(C)cc3cccnc3c2n1. The van der Waals surface area contributed by atoms with E-state index in [0.717, 1.165) is 22.1 Å². The topological polar surface area (TPSA) is 25.8 Å². The van der Waals surface area contributed by atoms with Crippen LogP contribution in [0.25, 0.3) is 21.8 Å². The smallest absolute Gasteiger partial charge is 0.0970 e. The summed E-state index contributed by atoms with van der Waals surface area (Å²) in [4.78, 5) is 9.03. The molecule has 0 aliphatic carbocycles. The molecule has 2 aromatic heterocycles. The molecule has 0 atom stereocenters. The molecule has 16 heavy (non-hydrogen) atoms. The number of fused-ring (bicyclic) bond motifs is 3. The molecule has 0 amide bonds. The van der Waals surface area contributed by atoms with Gasteiger partial charge in [0.15, 0.2) is 0 Å². The number of hydrogen-bond acceptors (Lipinski definition) is 2. The van der Waals surface area contributed by atoms with Crippen LogP contribution in [0.5, 0.6) is 0 Å². The molecule has 0 fully saturated rings. The normalized spacial score (nSPS) is 11.1. The first-order valence-electron chi connectivity index (χ1n) is 5.37. The first kappa shape index (κ1) is 9.28. The van der Waals surface area contributed by atoms with E-state index in [-0.39, 0.29) is 0 Å². The molecule has 0 aliphatic rings. The maximum atomic E-state index is 4.60. The minimum Gasteiger partial charge on any atom is -0.254 e. The van der Waals surface area contributed by atoms with Gasteiger partial charge in [0.1, 0.15) is 0 Å². The first-order valence-corrected chi connectivity index (χ1v) is 5.37. The van der Waals surface area contributed by atoms with Gasteiger partial charge in [-0.05, 0) is 37.6 Å². The standard InChI is InChI=1S/C14H12N2/c1-9-8-11-4-3-7-15-13(11)14-12(9)6-5-10(2)16-14/h3-8H,1-2H3. The van der Waals surface area contributed by atoms with Crippen LogP contribution in [0.4, 0.5) is 0 Å². The van der Waals surface area contributed by atoms with Crippen molar-refractivity contribution >= 4 is 21.8 Å². The summed E-state index contributed by atoms with van der Waals surface area (Å²) in [6.45, 7) is 4.13. The molecule has 3 rings (SSSR count). The van der Waals surface area contributed by atoms with Crippen LogP contribution in [0, 0.1) is 13.8 Å². The predicted molar refractivity (Wildman–Crippen MR) is 66.5 cm³/mol. The molecule has 0 saturated heterocycles. The summed E-state index contributed by atoms with van der Waals surface area (Å²) in [6, 6.07) is 10.4. The molecule has 2 heteroatoms. The van der Waals surface area contributed by atoms with Gasteiger partial charge < -0.3 is 0 Å². The lowest BCUT2D eigenvalue weighted by molar-refractivity contribution is 1.25. The van der Waals surface area contributed by atoms with Crippen molar-refractivity contribution in [2.24, 2.45) is 0 Å². The van der Waals surface area contributed by atoms with Crippen molar-refractivity contribution in [2.75, 3.05) is 0 Å². The van der Waals surface area contributed by atoms with Gasteiger partial charge in [-0.2, -0.15) is 0 Å². The van der Waals surface area contributed by atoms with E-state index in [1.807, 2.05) is 25.3 Å². The van der Waals surface area contributed by atoms with E-state index in [1.54, 1.807) is 0 Å². The Morgan fingerprint density at radius 2 is 1.88 bits per heavy atom. The molecule has 0 N–H and O–H groups in total. The molecule has 0 aliphatic heterocycles. The fourth-order valence-corrected chi connectivity index (χ4v) is 2.10. The quantitative estimate of drug-likeness (QED) is 0.529. The zero-order chi connectivity index (χ0) is 11.1. The van der Waals surface area contributed by atoms with Crippen LogP contribution in [-0.2, 0) is 0 Å². The third-order valence-corrected chi connectivity index (χ3v) is 2.89. The van der Waals surface area contributed by atoms with E-state index < -0.39 is 0 Å². The van der Waals surface area contributed by atoms with E-state index in [0.29, 0.717) is 0 Å². The summed E-state index contributed by atoms with van der Waals surface area (Å²) in [6.07, 6.45) is 1.82. The molecule has 3 aromatic rings. The first-order chi connectivity index (χ1) is 7.75. The van der Waals surface area contributed by atoms with Crippen LogP contribution in [0.2, 0.25) is 0 Å². The summed E-state index contributed by atoms with van der Waals surface area (Å²) in [5.74, 6) is 0. The zero-order valence-corrected chi connectivity index (χ0v) is 9.36. The van der Waals surface area contributed by atoms with E-state index in [1.165, 1.54) is 10.9 Å². The van der Waals surface area contributed by atoms with E-state index >= 15 is 0 Å². The van der Waals surface area contributed by atoms with Gasteiger partial charge in [-0.1, -0.05) is 12.1 Å². The lowest BCUT2D eigenvalue weighted by Crippen LogP contribution is -1.89. The van der Waals surface area contributed by atoms with Gasteiger partial charge in [-0.15, -0.1) is 0 Å². The van der Waals surface area contributed by atoms with E-state index in [4.69, 9.17) is 0 Å². The predicted octanol–water partition coefficient (Wildman–Crippen LogP) is 3.40. The lowest BCUT2D eigenvalue weighted by atomic mass is 10.0. The minimum absolute atomic E-state index is 0.992. The van der Waals surface area contributed by atoms with Gasteiger partial charge in [-0.25, -0.2) is 0 Å². The number of nitrogens with zero attached hydrogens (tertiary/aromatic N) is 2. The Hall–Kier alpha value is -1.96. The number of rotatable bonds is 0. The molecule has 0 bridgehead atoms. The Morgan fingerprint density at radius 1 is 1.00 bits per heavy atom. The molecule has 2 heterocycles. The van der Waals surface area contributed by atoms with Crippen LogP contribution in [0.15, 0.2) is 36.5 Å². The molecule has 0 unspecified atom stereocenters. The molecule has 78 valence electrons. The summed E-state index contributed by atoms with van der Waals surface area (Å²) in [5.41, 5.74) is 4.29. The Bertz CT molecular complexity index is 687. The second-order valence-corrected chi connectivity index (χ2v) is 4.12. The van der Waals surface area contributed by atoms with Gasteiger partial charge in [0, 0.05) is 22.7 Å². The van der Waals surface area contributed by atoms with Crippen molar-refractivity contribution in [2.45, 2.75) is 13.8 Å². The maximum Gasteiger partial charge on any atom is 0.0970 e. The van der Waals surface area contributed by atoms with Crippen LogP contribution in [-0.4, -0.2) is 9.97 Å². The van der Waals surface area contributed by atoms with Crippen LogP contribution in [0.3, 0.4) is 0 Å². The fourth-order valence-electron chi connectivity index (χ4n) is 2.10. The second-order valence-electron chi connectivity index (χ2n) is 4.12. The molecule has 1 aromatic carbocycles. The van der Waals surface area contributed by atoms with E-state index in [2.05, 4.69) is 35.1 Å². The summed E-state index contributed by atoms with van der Waals surface area (Å²) in [5, 5.41) is 2.35. The van der Waals surface area contributed by atoms with Crippen molar-refractivity contribution < 1.29 is 0 Å². The fraction of sp³-hybridized carbons (Fsp3) is 0.143. The van der Waals surface area contributed by atoms with Gasteiger partial charge in [0.2, 0.25) is 0 Å². The summed E-state index contributed by atoms with van der Waals surface area (Å²) in [7, 11) is 0. The van der Waals surface area contributed by atoms with Crippen molar-refractivity contribution in [3.63, 3.8) is 0 Å². The van der Waals surface area contributed by atoms with Crippen molar-refractivity contribution in [1.82, 2.24) is 9.97 Å². The average Bonchev–Trinajstić information content (AvgIpc) is 2.29. The second kappa shape index (κ2) is 3.27. The maximum absolute atomic E-state index is 4.60. The highest BCUT2D eigenvalue weighted by Gasteiger charge is 2.05. The van der Waals surface area contributed by atoms with Gasteiger partial charge in [-0.3, -0.25) is 9.97 Å². The number of aromatic nitrogens is 2. The van der Waals surface area contributed by atoms with Crippen LogP contribution >= 0.6 is 0 Å². The van der Waals surface area contributed by atoms with Gasteiger partial charge in [0.25, 0.3) is 0 Å². The average molecular weight is 208 g/mol. The lowest BCUT2D eigenvalue weighted by Gasteiger charge is -2.06. The number of hydrogen-bond donors (Lipinski definition) is 0. The zero-order valence-electron chi connectivity index (χ0n) is 9.36.